The molecule has 0 aromatic carbocycles. The molecule has 0 fully saturated rings. The summed E-state index contributed by atoms with van der Waals surface area (Å²) >= 11 is 0. The molecule has 114 valence electrons. The fourth-order valence-corrected chi connectivity index (χ4v) is 1.43. The molecule has 21 heavy (non-hydrogen) atoms. The number of nitrogens with zero attached hydrogens (tertiary/aromatic N) is 6. The summed E-state index contributed by atoms with van der Waals surface area (Å²) in [7, 11) is 0. The van der Waals surface area contributed by atoms with Gasteiger partial charge in [0.25, 0.3) is 5.95 Å². The van der Waals surface area contributed by atoms with Gasteiger partial charge in [-0.1, -0.05) is 27.7 Å². The topological polar surface area (TPSA) is 119 Å². The van der Waals surface area contributed by atoms with Crippen LogP contribution in [0.2, 0.25) is 0 Å². The largest absolute Gasteiger partial charge is 0.353 e. The molecule has 0 spiro atoms. The van der Waals surface area contributed by atoms with E-state index >= 15 is 0 Å². The van der Waals surface area contributed by atoms with E-state index in [9.17, 15) is 0 Å². The Labute approximate surface area is 123 Å². The summed E-state index contributed by atoms with van der Waals surface area (Å²) in [4.78, 5) is 16.5. The van der Waals surface area contributed by atoms with Gasteiger partial charge in [0.05, 0.1) is 0 Å². The molecule has 0 unspecified atom stereocenters. The minimum absolute atomic E-state index is 0.107. The van der Waals surface area contributed by atoms with E-state index < -0.39 is 0 Å². The Morgan fingerprint density at radius 1 is 1.24 bits per heavy atom. The molecule has 0 saturated heterocycles. The van der Waals surface area contributed by atoms with Crippen LogP contribution in [0.4, 0.5) is 11.9 Å². The first-order valence-corrected chi connectivity index (χ1v) is 6.74. The normalized spacial score (nSPS) is 11.7. The molecule has 0 aliphatic heterocycles. The number of hydrogen-bond donors (Lipinski definition) is 3. The van der Waals surface area contributed by atoms with Gasteiger partial charge in [-0.2, -0.15) is 24.7 Å². The first-order valence-electron chi connectivity index (χ1n) is 6.74. The summed E-state index contributed by atoms with van der Waals surface area (Å²) in [5.74, 6) is 6.97. The van der Waals surface area contributed by atoms with E-state index in [-0.39, 0.29) is 11.4 Å². The maximum atomic E-state index is 5.40. The van der Waals surface area contributed by atoms with Crippen molar-refractivity contribution >= 4 is 11.9 Å². The Kier molecular flexibility index (Phi) is 4.32. The van der Waals surface area contributed by atoms with Crippen LogP contribution in [-0.4, -0.2) is 36.3 Å². The molecular weight excluding hydrogens is 270 g/mol. The second kappa shape index (κ2) is 6.00. The van der Waals surface area contributed by atoms with Crippen molar-refractivity contribution in [3.8, 4) is 5.95 Å². The van der Waals surface area contributed by atoms with Crippen LogP contribution in [0.5, 0.6) is 0 Å². The van der Waals surface area contributed by atoms with Gasteiger partial charge in [-0.15, -0.1) is 0 Å². The third kappa shape index (κ3) is 3.63. The smallest absolute Gasteiger partial charge is 0.258 e. The van der Waals surface area contributed by atoms with E-state index in [0.717, 1.165) is 6.54 Å². The summed E-state index contributed by atoms with van der Waals surface area (Å²) in [6, 6.07) is 0. The highest BCUT2D eigenvalue weighted by Crippen LogP contribution is 2.25. The summed E-state index contributed by atoms with van der Waals surface area (Å²) in [5.41, 5.74) is 2.53. The number of nitrogens with two attached hydrogens (primary N) is 1. The van der Waals surface area contributed by atoms with Crippen LogP contribution in [0.15, 0.2) is 12.7 Å². The Morgan fingerprint density at radius 3 is 2.52 bits per heavy atom. The third-order valence-corrected chi connectivity index (χ3v) is 3.64. The number of hydrazine groups is 1. The predicted octanol–water partition coefficient (Wildman–Crippen LogP) is 0.832. The van der Waals surface area contributed by atoms with Crippen LogP contribution in [0.3, 0.4) is 0 Å². The number of nitrogens with one attached hydrogen (secondary N) is 2. The molecule has 2 rings (SSSR count). The Morgan fingerprint density at radius 2 is 1.95 bits per heavy atom. The van der Waals surface area contributed by atoms with E-state index in [1.165, 1.54) is 17.3 Å². The molecule has 0 aliphatic carbocycles. The SMILES string of the molecule is CC(C)C(C)(C)CNc1nc(NN)nc(-n2cncn2)n1. The molecule has 4 N–H and O–H groups in total. The van der Waals surface area contributed by atoms with Crippen LogP contribution < -0.4 is 16.6 Å². The van der Waals surface area contributed by atoms with Crippen molar-refractivity contribution in [2.75, 3.05) is 17.3 Å². The van der Waals surface area contributed by atoms with Crippen LogP contribution >= 0.6 is 0 Å². The molecule has 0 radical (unpaired) electrons. The zero-order chi connectivity index (χ0) is 15.5. The van der Waals surface area contributed by atoms with Crippen molar-refractivity contribution in [1.29, 1.82) is 0 Å². The summed E-state index contributed by atoms with van der Waals surface area (Å²) < 4.78 is 1.45. The summed E-state index contributed by atoms with van der Waals surface area (Å²) in [6.07, 6.45) is 2.92. The molecule has 9 heteroatoms. The second-order valence-corrected chi connectivity index (χ2v) is 5.76. The quantitative estimate of drug-likeness (QED) is 0.529. The van der Waals surface area contributed by atoms with Gasteiger partial charge in [0.15, 0.2) is 0 Å². The maximum Gasteiger partial charge on any atom is 0.258 e. The lowest BCUT2D eigenvalue weighted by atomic mass is 9.81. The number of rotatable bonds is 6. The lowest BCUT2D eigenvalue weighted by molar-refractivity contribution is 0.269. The average Bonchev–Trinajstić information content (AvgIpc) is 2.99. The van der Waals surface area contributed by atoms with Crippen molar-refractivity contribution in [2.45, 2.75) is 27.7 Å². The number of aromatic nitrogens is 6. The van der Waals surface area contributed by atoms with Crippen LogP contribution in [0.25, 0.3) is 5.95 Å². The molecule has 2 aromatic rings. The van der Waals surface area contributed by atoms with E-state index in [1.807, 2.05) is 0 Å². The van der Waals surface area contributed by atoms with E-state index in [2.05, 4.69) is 63.5 Å². The number of hydrogen-bond acceptors (Lipinski definition) is 8. The van der Waals surface area contributed by atoms with Crippen molar-refractivity contribution < 1.29 is 0 Å². The number of anilines is 2. The fourth-order valence-electron chi connectivity index (χ4n) is 1.43. The molecule has 0 bridgehead atoms. The first-order chi connectivity index (χ1) is 9.92. The van der Waals surface area contributed by atoms with Gasteiger partial charge in [-0.25, -0.2) is 10.8 Å². The average molecular weight is 291 g/mol. The Bertz CT molecular complexity index is 576. The van der Waals surface area contributed by atoms with Crippen molar-refractivity contribution in [3.63, 3.8) is 0 Å². The molecule has 0 aliphatic rings. The molecular formula is C12H21N9. The van der Waals surface area contributed by atoms with Gasteiger partial charge in [0, 0.05) is 6.54 Å². The van der Waals surface area contributed by atoms with Crippen LogP contribution in [-0.2, 0) is 0 Å². The minimum atomic E-state index is 0.107. The lowest BCUT2D eigenvalue weighted by Gasteiger charge is -2.29. The van der Waals surface area contributed by atoms with Gasteiger partial charge in [-0.05, 0) is 11.3 Å². The molecule has 9 nitrogen and oxygen atoms in total. The predicted molar refractivity (Wildman–Crippen MR) is 79.7 cm³/mol. The first kappa shape index (κ1) is 15.1. The molecule has 2 aromatic heterocycles. The molecule has 2 heterocycles. The standard InChI is InChI=1S/C12H21N9/c1-8(2)12(3,4)5-15-9-17-10(20-13)19-11(18-9)21-7-14-6-16-21/h6-8H,5,13H2,1-4H3,(H2,15,17,18,19,20). The zero-order valence-electron chi connectivity index (χ0n) is 12.7. The zero-order valence-corrected chi connectivity index (χ0v) is 12.7. The van der Waals surface area contributed by atoms with Gasteiger partial charge >= 0.3 is 0 Å². The van der Waals surface area contributed by atoms with Crippen molar-refractivity contribution in [3.05, 3.63) is 12.7 Å². The monoisotopic (exact) mass is 291 g/mol. The minimum Gasteiger partial charge on any atom is -0.353 e. The van der Waals surface area contributed by atoms with E-state index in [0.29, 0.717) is 17.8 Å². The van der Waals surface area contributed by atoms with E-state index in [1.54, 1.807) is 0 Å². The molecule has 0 amide bonds. The Hall–Kier alpha value is -2.29. The summed E-state index contributed by atoms with van der Waals surface area (Å²) in [5, 5.41) is 7.22. The highest BCUT2D eigenvalue weighted by molar-refractivity contribution is 5.36. The third-order valence-electron chi connectivity index (χ3n) is 3.64. The molecule has 0 atom stereocenters. The maximum absolute atomic E-state index is 5.40. The highest BCUT2D eigenvalue weighted by Gasteiger charge is 2.22. The van der Waals surface area contributed by atoms with Gasteiger partial charge < -0.3 is 5.32 Å². The van der Waals surface area contributed by atoms with Crippen LogP contribution in [0.1, 0.15) is 27.7 Å². The van der Waals surface area contributed by atoms with Gasteiger partial charge in [0.1, 0.15) is 12.7 Å². The lowest BCUT2D eigenvalue weighted by Crippen LogP contribution is -2.29. The van der Waals surface area contributed by atoms with Crippen molar-refractivity contribution in [2.24, 2.45) is 17.2 Å². The van der Waals surface area contributed by atoms with Crippen molar-refractivity contribution in [1.82, 2.24) is 29.7 Å². The van der Waals surface area contributed by atoms with Gasteiger partial charge in [0.2, 0.25) is 11.9 Å². The van der Waals surface area contributed by atoms with Gasteiger partial charge in [-0.3, -0.25) is 5.43 Å². The van der Waals surface area contributed by atoms with Crippen LogP contribution in [0, 0.1) is 11.3 Å². The van der Waals surface area contributed by atoms with E-state index in [4.69, 9.17) is 5.84 Å². The Balaban J connectivity index is 2.22. The summed E-state index contributed by atoms with van der Waals surface area (Å²) in [6.45, 7) is 9.47. The molecule has 0 saturated carbocycles. The fraction of sp³-hybridized carbons (Fsp3) is 0.583. The number of nitrogen functional groups attached to an aromatic ring is 1. The second-order valence-electron chi connectivity index (χ2n) is 5.76. The highest BCUT2D eigenvalue weighted by atomic mass is 15.4.